The number of hydrogen-bond donors (Lipinski definition) is 2. The van der Waals surface area contributed by atoms with Crippen molar-refractivity contribution in [1.29, 1.82) is 0 Å². The predicted molar refractivity (Wildman–Crippen MR) is 135 cm³/mol. The van der Waals surface area contributed by atoms with E-state index in [-0.39, 0.29) is 37.4 Å². The van der Waals surface area contributed by atoms with E-state index in [9.17, 15) is 30.8 Å². The molecular formula is C26H22F4N4O6S. The van der Waals surface area contributed by atoms with Crippen LogP contribution in [-0.4, -0.2) is 54.8 Å². The van der Waals surface area contributed by atoms with Crippen molar-refractivity contribution in [3.05, 3.63) is 66.1 Å². The number of halogens is 4. The van der Waals surface area contributed by atoms with Gasteiger partial charge in [-0.2, -0.15) is 13.2 Å². The maximum absolute atomic E-state index is 14.9. The summed E-state index contributed by atoms with van der Waals surface area (Å²) in [5.41, 5.74) is 2.17. The van der Waals surface area contributed by atoms with Crippen molar-refractivity contribution in [3.8, 4) is 17.4 Å². The molecule has 10 nitrogen and oxygen atoms in total. The Morgan fingerprint density at radius 1 is 1.12 bits per heavy atom. The number of pyridine rings is 2. The number of aromatic nitrogens is 3. The van der Waals surface area contributed by atoms with E-state index in [4.69, 9.17) is 19.9 Å². The zero-order valence-electron chi connectivity index (χ0n) is 21.1. The molecule has 1 amide bonds. The van der Waals surface area contributed by atoms with E-state index >= 15 is 0 Å². The number of primary amides is 1. The first-order valence-corrected chi connectivity index (χ1v) is 13.6. The van der Waals surface area contributed by atoms with Crippen LogP contribution in [0.1, 0.15) is 28.8 Å². The van der Waals surface area contributed by atoms with Crippen LogP contribution in [0, 0.1) is 0 Å². The molecule has 0 saturated carbocycles. The van der Waals surface area contributed by atoms with Crippen molar-refractivity contribution < 1.29 is 45.0 Å². The number of carbonyl (C=O) groups is 1. The maximum Gasteiger partial charge on any atom is 0.421 e. The number of alkyl halides is 4. The second kappa shape index (κ2) is 10.6. The first kappa shape index (κ1) is 28.3. The lowest BCUT2D eigenvalue weighted by Crippen LogP contribution is -2.37. The number of rotatable bonds is 8. The van der Waals surface area contributed by atoms with Crippen molar-refractivity contribution in [1.82, 2.24) is 15.0 Å². The average Bonchev–Trinajstić information content (AvgIpc) is 3.40. The molecule has 1 saturated heterocycles. The number of fused-ring (bicyclic) bond motifs is 1. The van der Waals surface area contributed by atoms with Gasteiger partial charge in [0.1, 0.15) is 34.1 Å². The first-order valence-electron chi connectivity index (χ1n) is 12.1. The standard InChI is InChI=1S/C26H22F4N4O6S/c27-25(5-8-38-9-6-25)14-39-24-19(26(28,29)30)11-17(13-34-24)41(36,37)20-3-1-2-18(22(31)35)21(20)40-16-10-15-4-7-32-23(15)33-12-16/h1-4,7,10-13H,5-6,8-9,14H2,(H2,31,35)(H,32,33). The minimum atomic E-state index is -5.10. The largest absolute Gasteiger partial charge is 0.474 e. The van der Waals surface area contributed by atoms with Crippen LogP contribution in [0.4, 0.5) is 17.6 Å². The second-order valence-electron chi connectivity index (χ2n) is 9.26. The van der Waals surface area contributed by atoms with Crippen molar-refractivity contribution >= 4 is 26.8 Å². The molecular weight excluding hydrogens is 572 g/mol. The highest BCUT2D eigenvalue weighted by atomic mass is 32.2. The summed E-state index contributed by atoms with van der Waals surface area (Å²) in [5, 5.41) is 0.605. The van der Waals surface area contributed by atoms with Gasteiger partial charge in [0.15, 0.2) is 5.75 Å². The van der Waals surface area contributed by atoms with Crippen molar-refractivity contribution in [3.63, 3.8) is 0 Å². The van der Waals surface area contributed by atoms with Gasteiger partial charge in [-0.1, -0.05) is 6.07 Å². The molecule has 5 rings (SSSR count). The van der Waals surface area contributed by atoms with Crippen LogP contribution >= 0.6 is 0 Å². The van der Waals surface area contributed by atoms with E-state index in [1.54, 1.807) is 12.3 Å². The first-order chi connectivity index (χ1) is 19.4. The SMILES string of the molecule is NC(=O)c1cccc(S(=O)(=O)c2cnc(OCC3(F)CCOCC3)c(C(F)(F)F)c2)c1Oc1cnc2[nH]ccc2c1. The maximum atomic E-state index is 14.9. The third-order valence-electron chi connectivity index (χ3n) is 6.43. The number of para-hydroxylation sites is 1. The Labute approximate surface area is 230 Å². The number of sulfone groups is 1. The molecule has 1 fully saturated rings. The molecule has 4 aromatic rings. The number of aromatic amines is 1. The van der Waals surface area contributed by atoms with Gasteiger partial charge in [-0.15, -0.1) is 0 Å². The Kier molecular flexibility index (Phi) is 7.33. The second-order valence-corrected chi connectivity index (χ2v) is 11.2. The molecule has 15 heteroatoms. The Balaban J connectivity index is 1.54. The fourth-order valence-corrected chi connectivity index (χ4v) is 5.60. The quantitative estimate of drug-likeness (QED) is 0.282. The summed E-state index contributed by atoms with van der Waals surface area (Å²) in [6.07, 6.45) is -1.72. The Bertz CT molecular complexity index is 1720. The fraction of sp³-hybridized carbons (Fsp3) is 0.269. The zero-order valence-corrected chi connectivity index (χ0v) is 21.9. The van der Waals surface area contributed by atoms with Crippen molar-refractivity contribution in [2.24, 2.45) is 5.73 Å². The lowest BCUT2D eigenvalue weighted by Gasteiger charge is -2.29. The van der Waals surface area contributed by atoms with Crippen LogP contribution in [0.2, 0.25) is 0 Å². The molecule has 0 unspecified atom stereocenters. The topological polar surface area (TPSA) is 146 Å². The van der Waals surface area contributed by atoms with E-state index < -0.39 is 61.2 Å². The van der Waals surface area contributed by atoms with Gasteiger partial charge in [0.25, 0.3) is 5.91 Å². The number of ether oxygens (including phenoxy) is 3. The molecule has 0 radical (unpaired) electrons. The highest BCUT2D eigenvalue weighted by molar-refractivity contribution is 7.91. The van der Waals surface area contributed by atoms with E-state index in [0.29, 0.717) is 23.3 Å². The summed E-state index contributed by atoms with van der Waals surface area (Å²) >= 11 is 0. The number of nitrogens with two attached hydrogens (primary N) is 1. The lowest BCUT2D eigenvalue weighted by molar-refractivity contribution is -0.140. The molecule has 0 spiro atoms. The normalized spacial score (nSPS) is 15.5. The van der Waals surface area contributed by atoms with Gasteiger partial charge >= 0.3 is 6.18 Å². The minimum Gasteiger partial charge on any atom is -0.474 e. The number of carbonyl (C=O) groups excluding carboxylic acids is 1. The van der Waals surface area contributed by atoms with Gasteiger partial charge < -0.3 is 24.9 Å². The molecule has 0 bridgehead atoms. The van der Waals surface area contributed by atoms with E-state index in [1.807, 2.05) is 0 Å². The van der Waals surface area contributed by atoms with Crippen LogP contribution in [-0.2, 0) is 20.8 Å². The molecule has 1 aliphatic heterocycles. The minimum absolute atomic E-state index is 0.0355. The van der Waals surface area contributed by atoms with Crippen LogP contribution in [0.5, 0.6) is 17.4 Å². The van der Waals surface area contributed by atoms with Crippen LogP contribution in [0.25, 0.3) is 11.0 Å². The molecule has 0 aliphatic carbocycles. The number of amides is 1. The van der Waals surface area contributed by atoms with Crippen LogP contribution < -0.4 is 15.2 Å². The molecule has 0 atom stereocenters. The molecule has 4 heterocycles. The van der Waals surface area contributed by atoms with Crippen LogP contribution in [0.3, 0.4) is 0 Å². The van der Waals surface area contributed by atoms with Gasteiger partial charge in [-0.3, -0.25) is 4.79 Å². The average molecular weight is 595 g/mol. The molecule has 1 aromatic carbocycles. The molecule has 3 N–H and O–H groups in total. The Morgan fingerprint density at radius 3 is 2.59 bits per heavy atom. The summed E-state index contributed by atoms with van der Waals surface area (Å²) in [4.78, 5) is 21.3. The Hall–Kier alpha value is -4.24. The molecule has 1 aliphatic rings. The van der Waals surface area contributed by atoms with E-state index in [0.717, 1.165) is 6.07 Å². The van der Waals surface area contributed by atoms with Gasteiger partial charge in [0, 0.05) is 43.8 Å². The Morgan fingerprint density at radius 2 is 1.88 bits per heavy atom. The molecule has 3 aromatic heterocycles. The highest BCUT2D eigenvalue weighted by Gasteiger charge is 2.40. The van der Waals surface area contributed by atoms with E-state index in [2.05, 4.69) is 15.0 Å². The summed E-state index contributed by atoms with van der Waals surface area (Å²) < 4.78 is 100. The highest BCUT2D eigenvalue weighted by Crippen LogP contribution is 2.40. The summed E-state index contributed by atoms with van der Waals surface area (Å²) in [7, 11) is -4.79. The van der Waals surface area contributed by atoms with Gasteiger partial charge in [-0.25, -0.2) is 22.8 Å². The number of nitrogens with one attached hydrogen (secondary N) is 1. The van der Waals surface area contributed by atoms with Crippen LogP contribution in [0.15, 0.2) is 64.8 Å². The van der Waals surface area contributed by atoms with Gasteiger partial charge in [0.2, 0.25) is 15.7 Å². The third kappa shape index (κ3) is 5.81. The molecule has 41 heavy (non-hydrogen) atoms. The summed E-state index contributed by atoms with van der Waals surface area (Å²) in [6, 6.07) is 6.97. The predicted octanol–water partition coefficient (Wildman–Crippen LogP) is 4.60. The smallest absolute Gasteiger partial charge is 0.421 e. The number of hydrogen-bond acceptors (Lipinski definition) is 8. The lowest BCUT2D eigenvalue weighted by atomic mass is 9.98. The number of benzene rings is 1. The number of nitrogens with zero attached hydrogens (tertiary/aromatic N) is 2. The van der Waals surface area contributed by atoms with Crippen molar-refractivity contribution in [2.45, 2.75) is 34.5 Å². The zero-order chi connectivity index (χ0) is 29.4. The van der Waals surface area contributed by atoms with E-state index in [1.165, 1.54) is 24.4 Å². The summed E-state index contributed by atoms with van der Waals surface area (Å²) in [5.74, 6) is -2.50. The summed E-state index contributed by atoms with van der Waals surface area (Å²) in [6.45, 7) is -0.558. The number of H-pyrrole nitrogens is 1. The molecule has 216 valence electrons. The third-order valence-corrected chi connectivity index (χ3v) is 8.17. The van der Waals surface area contributed by atoms with Gasteiger partial charge in [0.05, 0.1) is 16.7 Å². The van der Waals surface area contributed by atoms with Gasteiger partial charge in [-0.05, 0) is 30.3 Å². The fourth-order valence-electron chi connectivity index (χ4n) is 4.22. The monoisotopic (exact) mass is 594 g/mol. The van der Waals surface area contributed by atoms with Crippen molar-refractivity contribution in [2.75, 3.05) is 19.8 Å².